The predicted octanol–water partition coefficient (Wildman–Crippen LogP) is 3.20. The van der Waals surface area contributed by atoms with Crippen LogP contribution in [0.3, 0.4) is 0 Å². The standard InChI is InChI=1S/C23H24N2O4/c1-2-17-7-9-18(10-8-17)19-14-21(23(27)25-20-6-5-11-24-16-20)29-22(15-19)28-13-4-3-12-26/h1,5-11,14,16,19,22,26H,3-4,12-13,15H2,(H,25,27)/t19-,22+/m1/s1. The van der Waals surface area contributed by atoms with E-state index >= 15 is 0 Å². The van der Waals surface area contributed by atoms with Gasteiger partial charge in [0.25, 0.3) is 5.91 Å². The minimum atomic E-state index is -0.550. The van der Waals surface area contributed by atoms with Crippen LogP contribution in [0.4, 0.5) is 5.69 Å². The summed E-state index contributed by atoms with van der Waals surface area (Å²) in [4.78, 5) is 16.7. The van der Waals surface area contributed by atoms with Gasteiger partial charge in [-0.15, -0.1) is 6.42 Å². The van der Waals surface area contributed by atoms with Crippen LogP contribution in [0.25, 0.3) is 0 Å². The number of aliphatic hydroxyl groups excluding tert-OH is 1. The number of nitrogens with zero attached hydrogens (tertiary/aromatic N) is 1. The number of carbonyl (C=O) groups is 1. The molecule has 0 aliphatic carbocycles. The first-order chi connectivity index (χ1) is 14.2. The number of rotatable bonds is 8. The quantitative estimate of drug-likeness (QED) is 0.533. The Morgan fingerprint density at radius 1 is 1.31 bits per heavy atom. The van der Waals surface area contributed by atoms with Gasteiger partial charge in [0.05, 0.1) is 18.5 Å². The molecule has 1 aromatic heterocycles. The Labute approximate surface area is 170 Å². The van der Waals surface area contributed by atoms with Crippen LogP contribution in [0.5, 0.6) is 0 Å². The molecular weight excluding hydrogens is 368 g/mol. The van der Waals surface area contributed by atoms with Crippen molar-refractivity contribution in [2.24, 2.45) is 0 Å². The first kappa shape index (κ1) is 20.6. The first-order valence-corrected chi connectivity index (χ1v) is 9.58. The molecule has 29 heavy (non-hydrogen) atoms. The highest BCUT2D eigenvalue weighted by Crippen LogP contribution is 2.32. The van der Waals surface area contributed by atoms with Gasteiger partial charge in [-0.2, -0.15) is 0 Å². The zero-order valence-corrected chi connectivity index (χ0v) is 16.1. The molecule has 6 heteroatoms. The summed E-state index contributed by atoms with van der Waals surface area (Å²) in [6, 6.07) is 11.2. The van der Waals surface area contributed by atoms with Crippen LogP contribution in [0, 0.1) is 12.3 Å². The Morgan fingerprint density at radius 3 is 2.83 bits per heavy atom. The van der Waals surface area contributed by atoms with E-state index in [1.165, 1.54) is 0 Å². The Balaban J connectivity index is 1.76. The summed E-state index contributed by atoms with van der Waals surface area (Å²) in [5.41, 5.74) is 2.42. The largest absolute Gasteiger partial charge is 0.459 e. The van der Waals surface area contributed by atoms with Gasteiger partial charge in [0.1, 0.15) is 0 Å². The molecule has 150 valence electrons. The summed E-state index contributed by atoms with van der Waals surface area (Å²) >= 11 is 0. The number of anilines is 1. The molecular formula is C23H24N2O4. The second kappa shape index (κ2) is 10.4. The van der Waals surface area contributed by atoms with Crippen molar-refractivity contribution in [1.82, 2.24) is 4.98 Å². The lowest BCUT2D eigenvalue weighted by Gasteiger charge is -2.29. The number of aromatic nitrogens is 1. The molecule has 2 N–H and O–H groups in total. The average Bonchev–Trinajstić information content (AvgIpc) is 2.77. The molecule has 2 aromatic rings. The molecule has 0 fully saturated rings. The zero-order valence-electron chi connectivity index (χ0n) is 16.1. The molecule has 6 nitrogen and oxygen atoms in total. The predicted molar refractivity (Wildman–Crippen MR) is 110 cm³/mol. The van der Waals surface area contributed by atoms with Gasteiger partial charge in [-0.05, 0) is 48.7 Å². The molecule has 3 rings (SSSR count). The lowest BCUT2D eigenvalue weighted by Crippen LogP contribution is -2.29. The van der Waals surface area contributed by atoms with Crippen LogP contribution in [0.15, 0.2) is 60.6 Å². The van der Waals surface area contributed by atoms with Gasteiger partial charge in [-0.3, -0.25) is 9.78 Å². The lowest BCUT2D eigenvalue weighted by molar-refractivity contribution is -0.143. The number of hydrogen-bond donors (Lipinski definition) is 2. The summed E-state index contributed by atoms with van der Waals surface area (Å²) in [7, 11) is 0. The summed E-state index contributed by atoms with van der Waals surface area (Å²) in [5, 5.41) is 11.7. The number of ether oxygens (including phenoxy) is 2. The minimum absolute atomic E-state index is 0.0481. The Kier molecular flexibility index (Phi) is 7.40. The van der Waals surface area contributed by atoms with Gasteiger partial charge in [-0.25, -0.2) is 0 Å². The van der Waals surface area contributed by atoms with Gasteiger partial charge in [0.15, 0.2) is 5.76 Å². The number of benzene rings is 1. The van der Waals surface area contributed by atoms with Gasteiger partial charge in [0.2, 0.25) is 6.29 Å². The lowest BCUT2D eigenvalue weighted by atomic mass is 9.92. The molecule has 0 saturated carbocycles. The van der Waals surface area contributed by atoms with E-state index < -0.39 is 6.29 Å². The maximum Gasteiger partial charge on any atom is 0.290 e. The number of amides is 1. The van der Waals surface area contributed by atoms with Crippen molar-refractivity contribution in [1.29, 1.82) is 0 Å². The zero-order chi connectivity index (χ0) is 20.5. The molecule has 1 aliphatic heterocycles. The molecule has 2 heterocycles. The van der Waals surface area contributed by atoms with Crippen molar-refractivity contribution < 1.29 is 19.4 Å². The van der Waals surface area contributed by atoms with E-state index in [1.54, 1.807) is 24.5 Å². The number of nitrogens with one attached hydrogen (secondary N) is 1. The third kappa shape index (κ3) is 5.92. The molecule has 0 unspecified atom stereocenters. The topological polar surface area (TPSA) is 80.7 Å². The highest BCUT2D eigenvalue weighted by molar-refractivity contribution is 6.02. The maximum absolute atomic E-state index is 12.7. The normalized spacial score (nSPS) is 18.3. The molecule has 0 bridgehead atoms. The van der Waals surface area contributed by atoms with Crippen LogP contribution < -0.4 is 5.32 Å². The van der Waals surface area contributed by atoms with Crippen molar-refractivity contribution in [2.45, 2.75) is 31.5 Å². The summed E-state index contributed by atoms with van der Waals surface area (Å²) < 4.78 is 11.6. The van der Waals surface area contributed by atoms with Crippen molar-refractivity contribution in [3.05, 3.63) is 71.8 Å². The number of hydrogen-bond acceptors (Lipinski definition) is 5. The summed E-state index contributed by atoms with van der Waals surface area (Å²) in [5.74, 6) is 2.41. The number of unbranched alkanes of at least 4 members (excludes halogenated alkanes) is 1. The molecule has 1 amide bonds. The van der Waals surface area contributed by atoms with Crippen LogP contribution in [-0.4, -0.2) is 35.5 Å². The molecule has 1 aliphatic rings. The van der Waals surface area contributed by atoms with E-state index in [-0.39, 0.29) is 24.2 Å². The smallest absolute Gasteiger partial charge is 0.290 e. The third-order valence-corrected chi connectivity index (χ3v) is 4.56. The number of aliphatic hydroxyl groups is 1. The van der Waals surface area contributed by atoms with Crippen molar-refractivity contribution in [3.63, 3.8) is 0 Å². The molecule has 0 saturated heterocycles. The van der Waals surface area contributed by atoms with E-state index in [4.69, 9.17) is 21.0 Å². The fourth-order valence-electron chi connectivity index (χ4n) is 3.04. The highest BCUT2D eigenvalue weighted by Gasteiger charge is 2.28. The molecule has 0 radical (unpaired) electrons. The second-order valence-corrected chi connectivity index (χ2v) is 6.68. The van der Waals surface area contributed by atoms with Gasteiger partial charge in [-0.1, -0.05) is 18.1 Å². The average molecular weight is 392 g/mol. The summed E-state index contributed by atoms with van der Waals surface area (Å²) in [6.07, 6.45) is 11.9. The number of pyridine rings is 1. The minimum Gasteiger partial charge on any atom is -0.459 e. The van der Waals surface area contributed by atoms with E-state index in [0.717, 1.165) is 17.5 Å². The number of carbonyl (C=O) groups excluding carboxylic acids is 1. The van der Waals surface area contributed by atoms with Gasteiger partial charge >= 0.3 is 0 Å². The van der Waals surface area contributed by atoms with Gasteiger partial charge < -0.3 is 19.9 Å². The van der Waals surface area contributed by atoms with E-state index in [1.807, 2.05) is 30.3 Å². The van der Waals surface area contributed by atoms with E-state index in [9.17, 15) is 4.79 Å². The van der Waals surface area contributed by atoms with Gasteiger partial charge in [0, 0.05) is 30.7 Å². The Morgan fingerprint density at radius 2 is 2.14 bits per heavy atom. The first-order valence-electron chi connectivity index (χ1n) is 9.58. The van der Waals surface area contributed by atoms with Crippen LogP contribution in [0.1, 0.15) is 36.3 Å². The van der Waals surface area contributed by atoms with Crippen molar-refractivity contribution >= 4 is 11.6 Å². The van der Waals surface area contributed by atoms with E-state index in [2.05, 4.69) is 16.2 Å². The van der Waals surface area contributed by atoms with Crippen molar-refractivity contribution in [2.75, 3.05) is 18.5 Å². The second-order valence-electron chi connectivity index (χ2n) is 6.68. The van der Waals surface area contributed by atoms with Crippen LogP contribution >= 0.6 is 0 Å². The van der Waals surface area contributed by atoms with E-state index in [0.29, 0.717) is 25.1 Å². The van der Waals surface area contributed by atoms with Crippen LogP contribution in [-0.2, 0) is 14.3 Å². The maximum atomic E-state index is 12.7. The highest BCUT2D eigenvalue weighted by atomic mass is 16.7. The molecule has 0 spiro atoms. The van der Waals surface area contributed by atoms with Crippen LogP contribution in [0.2, 0.25) is 0 Å². The fraction of sp³-hybridized carbons (Fsp3) is 0.304. The Hall–Kier alpha value is -3.14. The summed E-state index contributed by atoms with van der Waals surface area (Å²) in [6.45, 7) is 0.573. The third-order valence-electron chi connectivity index (χ3n) is 4.56. The van der Waals surface area contributed by atoms with Crippen molar-refractivity contribution in [3.8, 4) is 12.3 Å². The SMILES string of the molecule is C#Cc1ccc([C@@H]2C=C(C(=O)Nc3cccnc3)O[C@H](OCCCCO)C2)cc1. The molecule has 1 aromatic carbocycles. The number of terminal acetylenes is 1. The number of allylic oxidation sites excluding steroid dienone is 1. The monoisotopic (exact) mass is 392 g/mol. The Bertz CT molecular complexity index is 872. The molecule has 2 atom stereocenters. The fourth-order valence-corrected chi connectivity index (χ4v) is 3.04.